The Hall–Kier alpha value is -2.58. The van der Waals surface area contributed by atoms with Crippen LogP contribution in [0.25, 0.3) is 5.57 Å². The molecule has 2 aromatic heterocycles. The van der Waals surface area contributed by atoms with Crippen molar-refractivity contribution in [2.24, 2.45) is 51.2 Å². The molecule has 3 heterocycles. The van der Waals surface area contributed by atoms with Crippen LogP contribution >= 0.6 is 0 Å². The zero-order valence-corrected chi connectivity index (χ0v) is 30.5. The number of H-pyrrole nitrogens is 2. The van der Waals surface area contributed by atoms with Gasteiger partial charge in [0.2, 0.25) is 0 Å². The van der Waals surface area contributed by atoms with Gasteiger partial charge in [-0.15, -0.1) is 0 Å². The number of carbonyl (C=O) groups is 1. The number of allylic oxidation sites excluding steroid dienone is 2. The number of rotatable bonds is 4. The molecule has 8 atom stereocenters. The smallest absolute Gasteiger partial charge is 0.306 e. The largest absolute Gasteiger partial charge is 0.481 e. The van der Waals surface area contributed by atoms with Crippen LogP contribution in [0.5, 0.6) is 0 Å². The minimum atomic E-state index is -0.593. The van der Waals surface area contributed by atoms with Crippen LogP contribution in [0.15, 0.2) is 18.0 Å². The molecule has 6 aliphatic rings. The van der Waals surface area contributed by atoms with Crippen molar-refractivity contribution in [1.82, 2.24) is 20.1 Å². The van der Waals surface area contributed by atoms with Crippen LogP contribution in [0.3, 0.4) is 0 Å². The van der Waals surface area contributed by atoms with Gasteiger partial charge in [0.15, 0.2) is 0 Å². The van der Waals surface area contributed by atoms with E-state index in [4.69, 9.17) is 15.6 Å². The summed E-state index contributed by atoms with van der Waals surface area (Å²) in [5.41, 5.74) is 15.0. The molecule has 4 fully saturated rings. The molecule has 8 nitrogen and oxygen atoms in total. The Morgan fingerprint density at radius 3 is 2.52 bits per heavy atom. The summed E-state index contributed by atoms with van der Waals surface area (Å²) in [6, 6.07) is 0. The molecule has 5 aliphatic carbocycles. The van der Waals surface area contributed by atoms with Gasteiger partial charge in [-0.1, -0.05) is 54.0 Å². The van der Waals surface area contributed by atoms with Crippen molar-refractivity contribution in [3.05, 3.63) is 40.4 Å². The number of morpholine rings is 1. The maximum absolute atomic E-state index is 12.9. The van der Waals surface area contributed by atoms with E-state index in [1.807, 2.05) is 0 Å². The number of nitrogens with zero attached hydrogens (tertiary/aromatic N) is 2. The lowest BCUT2D eigenvalue weighted by Crippen LogP contribution is -2.64. The average molecular weight is 658 g/mol. The molecule has 1 saturated heterocycles. The molecule has 0 spiro atoms. The predicted octanol–water partition coefficient (Wildman–Crippen LogP) is 7.44. The van der Waals surface area contributed by atoms with E-state index in [0.29, 0.717) is 11.8 Å². The van der Waals surface area contributed by atoms with Crippen molar-refractivity contribution in [3.63, 3.8) is 0 Å². The van der Waals surface area contributed by atoms with E-state index in [-0.39, 0.29) is 44.8 Å². The summed E-state index contributed by atoms with van der Waals surface area (Å²) in [4.78, 5) is 19.0. The van der Waals surface area contributed by atoms with Crippen molar-refractivity contribution in [2.45, 2.75) is 112 Å². The van der Waals surface area contributed by atoms with E-state index < -0.39 is 5.97 Å². The molecule has 0 bridgehead atoms. The number of nitrogens with one attached hydrogen (secondary N) is 2. The van der Waals surface area contributed by atoms with Crippen molar-refractivity contribution >= 4 is 17.4 Å². The van der Waals surface area contributed by atoms with Gasteiger partial charge in [-0.3, -0.25) is 14.8 Å². The Kier molecular flexibility index (Phi) is 7.28. The van der Waals surface area contributed by atoms with E-state index in [1.165, 1.54) is 40.8 Å². The number of fused-ring (bicyclic) bond motifs is 8. The summed E-state index contributed by atoms with van der Waals surface area (Å²) >= 11 is 0. The highest BCUT2D eigenvalue weighted by molar-refractivity contribution is 5.76. The summed E-state index contributed by atoms with van der Waals surface area (Å²) < 4.78 is 5.71. The molecule has 48 heavy (non-hydrogen) atoms. The molecular formula is C40H59N5O3. The molecule has 0 aromatic carbocycles. The first-order valence-corrected chi connectivity index (χ1v) is 18.9. The lowest BCUT2D eigenvalue weighted by atomic mass is 9.33. The monoisotopic (exact) mass is 657 g/mol. The van der Waals surface area contributed by atoms with Gasteiger partial charge >= 0.3 is 5.97 Å². The standard InChI is InChI=1S/C40H59N5O3/c1-36(2)17-26-24(27(18-36)35(46)47)8-10-40(7)32(26)25(29-21-42-20-23(29)22-45-12-14-48-15-13-45)16-31-38(5)19-28-33(43-44-34(28)41)37(3,4)30(38)9-11-39(31,40)6/h20-21,24,26-27,30-31,42H,8-19,22H2,1-7H3,(H,46,47)(H3,41,43,44)/t24?,26?,27-,30?,31?,38?,39?,40?/m1/s1. The van der Waals surface area contributed by atoms with Gasteiger partial charge in [0, 0.05) is 43.0 Å². The summed E-state index contributed by atoms with van der Waals surface area (Å²) in [5.74, 6) is 1.32. The number of carboxylic acids is 1. The average Bonchev–Trinajstić information content (AvgIpc) is 3.63. The fraction of sp³-hybridized carbons (Fsp3) is 0.750. The van der Waals surface area contributed by atoms with Gasteiger partial charge in [-0.2, -0.15) is 5.10 Å². The van der Waals surface area contributed by atoms with Crippen molar-refractivity contribution < 1.29 is 14.6 Å². The minimum Gasteiger partial charge on any atom is -0.481 e. The summed E-state index contributed by atoms with van der Waals surface area (Å²) in [6.45, 7) is 21.7. The lowest BCUT2D eigenvalue weighted by Gasteiger charge is -2.70. The first-order chi connectivity index (χ1) is 22.6. The highest BCUT2D eigenvalue weighted by Crippen LogP contribution is 2.76. The van der Waals surface area contributed by atoms with E-state index in [9.17, 15) is 9.90 Å². The Morgan fingerprint density at radius 1 is 1.04 bits per heavy atom. The fourth-order valence-electron chi connectivity index (χ4n) is 13.5. The number of aromatic nitrogens is 3. The quantitative estimate of drug-likeness (QED) is 0.271. The SMILES string of the molecule is CC1(C)CC2C3=C(c4c[nH]cc4CN4CCOCC4)CC4C5(C)Cc6c(n[nH]c6N)C(C)(C)C5CCC4(C)C3(C)CCC2[C@H](C(=O)O)C1. The summed E-state index contributed by atoms with van der Waals surface area (Å²) in [5, 5.41) is 18.6. The lowest BCUT2D eigenvalue weighted by molar-refractivity contribution is -0.161. The van der Waals surface area contributed by atoms with Gasteiger partial charge in [-0.05, 0) is 113 Å². The number of nitrogen functional groups attached to an aromatic ring is 1. The molecule has 8 rings (SSSR count). The molecule has 1 aliphatic heterocycles. The molecule has 5 N–H and O–H groups in total. The van der Waals surface area contributed by atoms with Gasteiger partial charge in [-0.25, -0.2) is 0 Å². The van der Waals surface area contributed by atoms with E-state index in [2.05, 4.69) is 75.8 Å². The van der Waals surface area contributed by atoms with Gasteiger partial charge < -0.3 is 20.6 Å². The maximum atomic E-state index is 12.9. The second-order valence-corrected chi connectivity index (χ2v) is 19.0. The third-order valence-electron chi connectivity index (χ3n) is 15.7. The molecule has 262 valence electrons. The summed E-state index contributed by atoms with van der Waals surface area (Å²) in [6.07, 6.45) is 12.8. The molecule has 3 saturated carbocycles. The van der Waals surface area contributed by atoms with Gasteiger partial charge in [0.25, 0.3) is 0 Å². The number of anilines is 1. The fourth-order valence-corrected chi connectivity index (χ4v) is 13.5. The normalized spacial score (nSPS) is 40.3. The Balaban J connectivity index is 1.32. The topological polar surface area (TPSA) is 120 Å². The third-order valence-corrected chi connectivity index (χ3v) is 15.7. The molecule has 2 aromatic rings. The van der Waals surface area contributed by atoms with Crippen LogP contribution in [0, 0.1) is 51.2 Å². The van der Waals surface area contributed by atoms with Crippen molar-refractivity contribution in [2.75, 3.05) is 32.0 Å². The van der Waals surface area contributed by atoms with Gasteiger partial charge in [0.05, 0.1) is 24.8 Å². The molecule has 0 radical (unpaired) electrons. The number of ether oxygens (including phenoxy) is 1. The first-order valence-electron chi connectivity index (χ1n) is 18.9. The number of carboxylic acid groups (broad SMARTS) is 1. The zero-order chi connectivity index (χ0) is 34.0. The van der Waals surface area contributed by atoms with Crippen LogP contribution in [0.2, 0.25) is 0 Å². The summed E-state index contributed by atoms with van der Waals surface area (Å²) in [7, 11) is 0. The van der Waals surface area contributed by atoms with Crippen LogP contribution in [-0.4, -0.2) is 57.5 Å². The predicted molar refractivity (Wildman–Crippen MR) is 189 cm³/mol. The molecule has 0 amide bonds. The highest BCUT2D eigenvalue weighted by atomic mass is 16.5. The molecule has 7 unspecified atom stereocenters. The number of hydrogen-bond donors (Lipinski definition) is 4. The van der Waals surface area contributed by atoms with Gasteiger partial charge in [0.1, 0.15) is 5.82 Å². The van der Waals surface area contributed by atoms with E-state index in [1.54, 1.807) is 5.57 Å². The first kappa shape index (κ1) is 32.6. The van der Waals surface area contributed by atoms with Crippen LogP contribution in [0.4, 0.5) is 5.82 Å². The van der Waals surface area contributed by atoms with Crippen LogP contribution in [0.1, 0.15) is 116 Å². The number of hydrogen-bond acceptors (Lipinski definition) is 5. The highest BCUT2D eigenvalue weighted by Gasteiger charge is 2.69. The van der Waals surface area contributed by atoms with E-state index >= 15 is 0 Å². The second-order valence-electron chi connectivity index (χ2n) is 19.0. The van der Waals surface area contributed by atoms with Crippen molar-refractivity contribution in [1.29, 1.82) is 0 Å². The number of nitrogens with two attached hydrogens (primary N) is 1. The van der Waals surface area contributed by atoms with Crippen molar-refractivity contribution in [3.8, 4) is 0 Å². The second kappa shape index (κ2) is 10.7. The Labute approximate surface area is 287 Å². The van der Waals surface area contributed by atoms with E-state index in [0.717, 1.165) is 77.2 Å². The number of aliphatic carboxylic acids is 1. The Bertz CT molecular complexity index is 1640. The van der Waals surface area contributed by atoms with Crippen LogP contribution in [-0.2, 0) is 27.9 Å². The van der Waals surface area contributed by atoms with Crippen LogP contribution < -0.4 is 5.73 Å². The molecule has 8 heteroatoms. The number of aromatic amines is 2. The zero-order valence-electron chi connectivity index (χ0n) is 30.5. The minimum absolute atomic E-state index is 0.0145. The maximum Gasteiger partial charge on any atom is 0.306 e. The third kappa shape index (κ3) is 4.46. The molecular weight excluding hydrogens is 598 g/mol. The Morgan fingerprint density at radius 2 is 1.79 bits per heavy atom.